The summed E-state index contributed by atoms with van der Waals surface area (Å²) in [5.74, 6) is 0. The van der Waals surface area contributed by atoms with Gasteiger partial charge in [0, 0.05) is 31.9 Å². The zero-order chi connectivity index (χ0) is 13.1. The third-order valence-electron chi connectivity index (χ3n) is 2.88. The molecule has 0 saturated heterocycles. The Morgan fingerprint density at radius 1 is 1.37 bits per heavy atom. The van der Waals surface area contributed by atoms with Gasteiger partial charge in [-0.15, -0.1) is 11.3 Å². The van der Waals surface area contributed by atoms with Crippen LogP contribution in [-0.2, 0) is 20.1 Å². The molecule has 0 spiro atoms. The maximum atomic E-state index is 4.33. The first-order valence-corrected chi connectivity index (χ1v) is 6.96. The SMILES string of the molecule is Cn1ccc(CNCc2cn[nH]c2-c2cccs2)n1. The highest BCUT2D eigenvalue weighted by Gasteiger charge is 2.08. The van der Waals surface area contributed by atoms with E-state index in [2.05, 4.69) is 32.1 Å². The topological polar surface area (TPSA) is 58.5 Å². The lowest BCUT2D eigenvalue weighted by Crippen LogP contribution is -2.13. The number of hydrogen-bond acceptors (Lipinski definition) is 4. The molecule has 3 rings (SSSR count). The smallest absolute Gasteiger partial charge is 0.0794 e. The van der Waals surface area contributed by atoms with Crippen molar-refractivity contribution in [1.82, 2.24) is 25.3 Å². The van der Waals surface area contributed by atoms with Crippen molar-refractivity contribution in [3.63, 3.8) is 0 Å². The third-order valence-corrected chi connectivity index (χ3v) is 3.76. The molecule has 0 aliphatic heterocycles. The molecule has 3 heterocycles. The highest BCUT2D eigenvalue weighted by atomic mass is 32.1. The van der Waals surface area contributed by atoms with E-state index in [4.69, 9.17) is 0 Å². The Labute approximate surface area is 115 Å². The van der Waals surface area contributed by atoms with Crippen molar-refractivity contribution < 1.29 is 0 Å². The fourth-order valence-electron chi connectivity index (χ4n) is 1.96. The van der Waals surface area contributed by atoms with Gasteiger partial charge in [0.15, 0.2) is 0 Å². The van der Waals surface area contributed by atoms with Gasteiger partial charge in [-0.2, -0.15) is 10.2 Å². The van der Waals surface area contributed by atoms with Crippen LogP contribution in [0.4, 0.5) is 0 Å². The molecule has 0 aliphatic carbocycles. The molecule has 19 heavy (non-hydrogen) atoms. The lowest BCUT2D eigenvalue weighted by Gasteiger charge is -2.03. The first kappa shape index (κ1) is 12.1. The normalized spacial score (nSPS) is 11.0. The van der Waals surface area contributed by atoms with Crippen LogP contribution in [0.3, 0.4) is 0 Å². The highest BCUT2D eigenvalue weighted by Crippen LogP contribution is 2.25. The van der Waals surface area contributed by atoms with Gasteiger partial charge in [0.25, 0.3) is 0 Å². The number of aromatic nitrogens is 4. The van der Waals surface area contributed by atoms with E-state index < -0.39 is 0 Å². The molecule has 0 aliphatic rings. The van der Waals surface area contributed by atoms with Crippen molar-refractivity contribution in [2.75, 3.05) is 0 Å². The Kier molecular flexibility index (Phi) is 3.43. The Balaban J connectivity index is 1.63. The average Bonchev–Trinajstić information content (AvgIpc) is 3.09. The number of aromatic amines is 1. The molecule has 0 bridgehead atoms. The average molecular weight is 273 g/mol. The van der Waals surface area contributed by atoms with E-state index in [0.29, 0.717) is 0 Å². The van der Waals surface area contributed by atoms with E-state index in [0.717, 1.165) is 24.5 Å². The summed E-state index contributed by atoms with van der Waals surface area (Å²) in [7, 11) is 1.93. The van der Waals surface area contributed by atoms with Crippen molar-refractivity contribution in [1.29, 1.82) is 0 Å². The maximum absolute atomic E-state index is 4.33. The van der Waals surface area contributed by atoms with Crippen molar-refractivity contribution in [3.8, 4) is 10.6 Å². The first-order chi connectivity index (χ1) is 9.33. The van der Waals surface area contributed by atoms with E-state index in [1.54, 1.807) is 11.3 Å². The van der Waals surface area contributed by atoms with E-state index in [1.807, 2.05) is 36.3 Å². The number of nitrogens with one attached hydrogen (secondary N) is 2. The third kappa shape index (κ3) is 2.74. The minimum absolute atomic E-state index is 0.760. The molecular weight excluding hydrogens is 258 g/mol. The van der Waals surface area contributed by atoms with Crippen molar-refractivity contribution >= 4 is 11.3 Å². The predicted octanol–water partition coefficient (Wildman–Crippen LogP) is 2.16. The molecule has 0 amide bonds. The predicted molar refractivity (Wildman–Crippen MR) is 75.7 cm³/mol. The zero-order valence-corrected chi connectivity index (χ0v) is 11.4. The fourth-order valence-corrected chi connectivity index (χ4v) is 2.72. The Hall–Kier alpha value is -1.92. The Morgan fingerprint density at radius 3 is 3.05 bits per heavy atom. The van der Waals surface area contributed by atoms with Gasteiger partial charge in [-0.1, -0.05) is 6.07 Å². The second kappa shape index (κ2) is 5.38. The lowest BCUT2D eigenvalue weighted by molar-refractivity contribution is 0.657. The number of thiophene rings is 1. The molecule has 2 N–H and O–H groups in total. The molecule has 0 atom stereocenters. The van der Waals surface area contributed by atoms with Gasteiger partial charge >= 0.3 is 0 Å². The zero-order valence-electron chi connectivity index (χ0n) is 10.6. The van der Waals surface area contributed by atoms with Crippen molar-refractivity contribution in [3.05, 3.63) is 47.2 Å². The lowest BCUT2D eigenvalue weighted by atomic mass is 10.2. The highest BCUT2D eigenvalue weighted by molar-refractivity contribution is 7.13. The quantitative estimate of drug-likeness (QED) is 0.749. The van der Waals surface area contributed by atoms with Crippen LogP contribution >= 0.6 is 11.3 Å². The molecule has 0 unspecified atom stereocenters. The standard InChI is InChI=1S/C13H15N5S/c1-18-5-4-11(17-18)9-14-7-10-8-15-16-13(10)12-3-2-6-19-12/h2-6,8,14H,7,9H2,1H3,(H,15,16). The Bertz CT molecular complexity index is 638. The molecule has 0 radical (unpaired) electrons. The maximum Gasteiger partial charge on any atom is 0.0794 e. The molecule has 0 fully saturated rings. The van der Waals surface area contributed by atoms with Crippen LogP contribution < -0.4 is 5.32 Å². The summed E-state index contributed by atoms with van der Waals surface area (Å²) in [5.41, 5.74) is 3.32. The molecule has 6 heteroatoms. The van der Waals surface area contributed by atoms with Crippen molar-refractivity contribution in [2.24, 2.45) is 7.05 Å². The van der Waals surface area contributed by atoms with Crippen LogP contribution in [-0.4, -0.2) is 20.0 Å². The monoisotopic (exact) mass is 273 g/mol. The van der Waals surface area contributed by atoms with Crippen LogP contribution in [0.15, 0.2) is 36.0 Å². The second-order valence-corrected chi connectivity index (χ2v) is 5.28. The molecule has 0 saturated carbocycles. The number of H-pyrrole nitrogens is 1. The summed E-state index contributed by atoms with van der Waals surface area (Å²) in [6.07, 6.45) is 3.83. The van der Waals surface area contributed by atoms with Gasteiger partial charge in [0.1, 0.15) is 0 Å². The largest absolute Gasteiger partial charge is 0.307 e. The van der Waals surface area contributed by atoms with E-state index in [1.165, 1.54) is 10.4 Å². The van der Waals surface area contributed by atoms with E-state index in [9.17, 15) is 0 Å². The van der Waals surface area contributed by atoms with E-state index in [-0.39, 0.29) is 0 Å². The van der Waals surface area contributed by atoms with Gasteiger partial charge in [0.05, 0.1) is 22.5 Å². The molecule has 98 valence electrons. The Morgan fingerprint density at radius 2 is 2.32 bits per heavy atom. The second-order valence-electron chi connectivity index (χ2n) is 4.33. The molecule has 3 aromatic heterocycles. The molecular formula is C13H15N5S. The van der Waals surface area contributed by atoms with E-state index >= 15 is 0 Å². The van der Waals surface area contributed by atoms with Gasteiger partial charge in [-0.05, 0) is 17.5 Å². The van der Waals surface area contributed by atoms with Gasteiger partial charge in [0.2, 0.25) is 0 Å². The molecule has 0 aromatic carbocycles. The summed E-state index contributed by atoms with van der Waals surface area (Å²) in [6.45, 7) is 1.54. The first-order valence-electron chi connectivity index (χ1n) is 6.08. The fraction of sp³-hybridized carbons (Fsp3) is 0.231. The van der Waals surface area contributed by atoms with Crippen LogP contribution in [0.2, 0.25) is 0 Å². The minimum atomic E-state index is 0.760. The summed E-state index contributed by atoms with van der Waals surface area (Å²) in [5, 5.41) is 17.0. The van der Waals surface area contributed by atoms with Crippen molar-refractivity contribution in [2.45, 2.75) is 13.1 Å². The van der Waals surface area contributed by atoms with Gasteiger partial charge in [-0.3, -0.25) is 9.78 Å². The number of nitrogens with zero attached hydrogens (tertiary/aromatic N) is 3. The minimum Gasteiger partial charge on any atom is -0.307 e. The van der Waals surface area contributed by atoms with Crippen LogP contribution in [0, 0.1) is 0 Å². The van der Waals surface area contributed by atoms with Crippen LogP contribution in [0.5, 0.6) is 0 Å². The number of rotatable bonds is 5. The summed E-state index contributed by atoms with van der Waals surface area (Å²) in [6, 6.07) is 6.16. The summed E-state index contributed by atoms with van der Waals surface area (Å²) >= 11 is 1.71. The summed E-state index contributed by atoms with van der Waals surface area (Å²) < 4.78 is 1.81. The van der Waals surface area contributed by atoms with Crippen LogP contribution in [0.25, 0.3) is 10.6 Å². The number of hydrogen-bond donors (Lipinski definition) is 2. The molecule has 5 nitrogen and oxygen atoms in total. The molecule has 3 aromatic rings. The summed E-state index contributed by atoms with van der Waals surface area (Å²) in [4.78, 5) is 1.21. The number of aryl methyl sites for hydroxylation is 1. The van der Waals surface area contributed by atoms with Crippen LogP contribution in [0.1, 0.15) is 11.3 Å². The van der Waals surface area contributed by atoms with Gasteiger partial charge < -0.3 is 5.32 Å². The van der Waals surface area contributed by atoms with Gasteiger partial charge in [-0.25, -0.2) is 0 Å².